The van der Waals surface area contributed by atoms with Gasteiger partial charge in [-0.15, -0.1) is 11.3 Å². The molecule has 0 aliphatic heterocycles. The Labute approximate surface area is 122 Å². The monoisotopic (exact) mass is 339 g/mol. The predicted molar refractivity (Wildman–Crippen MR) is 71.3 cm³/mol. The fourth-order valence-electron chi connectivity index (χ4n) is 1.58. The molecule has 2 rings (SSSR count). The van der Waals surface area contributed by atoms with Crippen LogP contribution in [0, 0.1) is 5.82 Å². The van der Waals surface area contributed by atoms with E-state index in [0.717, 1.165) is 17.0 Å². The lowest BCUT2D eigenvalue weighted by Gasteiger charge is -2.14. The molecule has 0 amide bonds. The summed E-state index contributed by atoms with van der Waals surface area (Å²) in [4.78, 5) is -0.318. The predicted octanol–water partition coefficient (Wildman–Crippen LogP) is 3.79. The summed E-state index contributed by atoms with van der Waals surface area (Å²) in [6.07, 6.45) is 0. The Morgan fingerprint density at radius 3 is 2.48 bits per heavy atom. The van der Waals surface area contributed by atoms with E-state index in [2.05, 4.69) is 5.32 Å². The van der Waals surface area contributed by atoms with Crippen molar-refractivity contribution in [1.29, 1.82) is 0 Å². The lowest BCUT2D eigenvalue weighted by molar-refractivity contribution is -0.0435. The topological polar surface area (TPSA) is 46.2 Å². The fourth-order valence-corrected chi connectivity index (χ4v) is 3.18. The molecule has 2 aromatic rings. The highest BCUT2D eigenvalue weighted by atomic mass is 32.2. The van der Waals surface area contributed by atoms with Gasteiger partial charge >= 0.3 is 5.51 Å². The van der Waals surface area contributed by atoms with Crippen LogP contribution in [-0.2, 0) is 16.4 Å². The van der Waals surface area contributed by atoms with Gasteiger partial charge in [-0.05, 0) is 29.6 Å². The summed E-state index contributed by atoms with van der Waals surface area (Å²) in [6.45, 7) is 0.143. The fraction of sp³-hybridized carbons (Fsp3) is 0.167. The maximum atomic E-state index is 13.1. The highest BCUT2D eigenvalue weighted by Gasteiger charge is 2.48. The van der Waals surface area contributed by atoms with E-state index in [0.29, 0.717) is 6.07 Å². The van der Waals surface area contributed by atoms with E-state index in [4.69, 9.17) is 0 Å². The first-order chi connectivity index (χ1) is 9.72. The Balaban J connectivity index is 2.39. The van der Waals surface area contributed by atoms with Gasteiger partial charge in [0.25, 0.3) is 9.84 Å². The first-order valence-corrected chi connectivity index (χ1v) is 7.95. The minimum atomic E-state index is -5.62. The summed E-state index contributed by atoms with van der Waals surface area (Å²) in [5.74, 6) is -1.06. The standard InChI is InChI=1S/C12H9F4NO2S2/c13-8-3-4-10(17-7-9-2-1-5-20-9)11(6-8)21(18,19)12(14,15)16/h1-6,17H,7H2. The van der Waals surface area contributed by atoms with Crippen molar-refractivity contribution in [3.8, 4) is 0 Å². The van der Waals surface area contributed by atoms with Crippen LogP contribution in [0.4, 0.5) is 23.2 Å². The molecule has 0 saturated carbocycles. The van der Waals surface area contributed by atoms with Crippen molar-refractivity contribution in [1.82, 2.24) is 0 Å². The van der Waals surface area contributed by atoms with Crippen LogP contribution in [-0.4, -0.2) is 13.9 Å². The minimum Gasteiger partial charge on any atom is -0.379 e. The zero-order valence-corrected chi connectivity index (χ0v) is 11.9. The van der Waals surface area contributed by atoms with Crippen molar-refractivity contribution < 1.29 is 26.0 Å². The van der Waals surface area contributed by atoms with Crippen molar-refractivity contribution in [3.63, 3.8) is 0 Å². The van der Waals surface area contributed by atoms with Crippen LogP contribution in [0.25, 0.3) is 0 Å². The number of alkyl halides is 3. The molecule has 0 atom stereocenters. The Hall–Kier alpha value is -1.61. The number of rotatable bonds is 4. The number of hydrogen-bond acceptors (Lipinski definition) is 4. The number of thiophene rings is 1. The van der Waals surface area contributed by atoms with Gasteiger partial charge in [0, 0.05) is 11.4 Å². The second-order valence-corrected chi connectivity index (χ2v) is 6.96. The minimum absolute atomic E-state index is 0.143. The maximum Gasteiger partial charge on any atom is 0.501 e. The zero-order valence-electron chi connectivity index (χ0n) is 10.3. The quantitative estimate of drug-likeness (QED) is 0.862. The molecule has 0 radical (unpaired) electrons. The van der Waals surface area contributed by atoms with Crippen molar-refractivity contribution in [2.75, 3.05) is 5.32 Å². The second-order valence-electron chi connectivity index (χ2n) is 4.02. The van der Waals surface area contributed by atoms with Gasteiger partial charge in [-0.2, -0.15) is 13.2 Å². The number of nitrogens with one attached hydrogen (secondary N) is 1. The van der Waals surface area contributed by atoms with Gasteiger partial charge in [-0.25, -0.2) is 12.8 Å². The summed E-state index contributed by atoms with van der Waals surface area (Å²) in [6, 6.07) is 5.71. The Morgan fingerprint density at radius 2 is 1.90 bits per heavy atom. The third kappa shape index (κ3) is 3.35. The summed E-state index contributed by atoms with van der Waals surface area (Å²) in [5.41, 5.74) is -5.78. The molecule has 0 unspecified atom stereocenters. The Kier molecular flexibility index (Phi) is 4.24. The van der Waals surface area contributed by atoms with E-state index in [9.17, 15) is 26.0 Å². The van der Waals surface area contributed by atoms with Crippen LogP contribution >= 0.6 is 11.3 Å². The number of sulfone groups is 1. The normalized spacial score (nSPS) is 12.4. The van der Waals surface area contributed by atoms with E-state index < -0.39 is 26.1 Å². The zero-order chi connectivity index (χ0) is 15.7. The van der Waals surface area contributed by atoms with Crippen molar-refractivity contribution >= 4 is 26.9 Å². The van der Waals surface area contributed by atoms with Gasteiger partial charge in [0.15, 0.2) is 0 Å². The van der Waals surface area contributed by atoms with Crippen LogP contribution in [0.15, 0.2) is 40.6 Å². The molecule has 0 saturated heterocycles. The van der Waals surface area contributed by atoms with Crippen molar-refractivity contribution in [3.05, 3.63) is 46.4 Å². The first kappa shape index (κ1) is 15.8. The molecule has 9 heteroatoms. The average Bonchev–Trinajstić information content (AvgIpc) is 2.89. The molecule has 3 nitrogen and oxygen atoms in total. The van der Waals surface area contributed by atoms with Gasteiger partial charge in [0.2, 0.25) is 0 Å². The molecule has 0 aliphatic rings. The average molecular weight is 339 g/mol. The summed E-state index contributed by atoms with van der Waals surface area (Å²) >= 11 is 1.36. The number of halogens is 4. The third-order valence-corrected chi connectivity index (χ3v) is 4.97. The molecule has 0 spiro atoms. The summed E-state index contributed by atoms with van der Waals surface area (Å²) in [7, 11) is -5.62. The molecular weight excluding hydrogens is 330 g/mol. The molecule has 114 valence electrons. The molecule has 1 N–H and O–H groups in total. The van der Waals surface area contributed by atoms with Crippen LogP contribution in [0.5, 0.6) is 0 Å². The molecule has 1 heterocycles. The molecule has 1 aromatic heterocycles. The molecule has 0 bridgehead atoms. The van der Waals surface area contributed by atoms with E-state index in [-0.39, 0.29) is 12.2 Å². The number of benzene rings is 1. The lowest BCUT2D eigenvalue weighted by atomic mass is 10.3. The lowest BCUT2D eigenvalue weighted by Crippen LogP contribution is -2.24. The van der Waals surface area contributed by atoms with Crippen molar-refractivity contribution in [2.24, 2.45) is 0 Å². The summed E-state index contributed by atoms with van der Waals surface area (Å²) in [5, 5.41) is 4.36. The molecule has 21 heavy (non-hydrogen) atoms. The molecular formula is C12H9F4NO2S2. The SMILES string of the molecule is O=S(=O)(c1cc(F)ccc1NCc1cccs1)C(F)(F)F. The highest BCUT2D eigenvalue weighted by molar-refractivity contribution is 7.92. The molecule has 0 fully saturated rings. The smallest absolute Gasteiger partial charge is 0.379 e. The van der Waals surface area contributed by atoms with Gasteiger partial charge in [-0.1, -0.05) is 6.07 Å². The van der Waals surface area contributed by atoms with Crippen LogP contribution in [0.2, 0.25) is 0 Å². The van der Waals surface area contributed by atoms with Gasteiger partial charge < -0.3 is 5.32 Å². The van der Waals surface area contributed by atoms with E-state index in [1.165, 1.54) is 11.3 Å². The van der Waals surface area contributed by atoms with E-state index >= 15 is 0 Å². The number of anilines is 1. The Morgan fingerprint density at radius 1 is 1.19 bits per heavy atom. The van der Waals surface area contributed by atoms with E-state index in [1.54, 1.807) is 17.5 Å². The van der Waals surface area contributed by atoms with Crippen LogP contribution < -0.4 is 5.32 Å². The molecule has 1 aromatic carbocycles. The van der Waals surface area contributed by atoms with Crippen LogP contribution in [0.1, 0.15) is 4.88 Å². The van der Waals surface area contributed by atoms with E-state index in [1.807, 2.05) is 0 Å². The Bertz CT molecular complexity index is 724. The van der Waals surface area contributed by atoms with Gasteiger partial charge in [0.1, 0.15) is 10.7 Å². The highest BCUT2D eigenvalue weighted by Crippen LogP contribution is 2.35. The second kappa shape index (κ2) is 5.64. The third-order valence-electron chi connectivity index (χ3n) is 2.57. The van der Waals surface area contributed by atoms with Gasteiger partial charge in [-0.3, -0.25) is 0 Å². The largest absolute Gasteiger partial charge is 0.501 e. The number of hydrogen-bond donors (Lipinski definition) is 1. The molecule has 0 aliphatic carbocycles. The first-order valence-electron chi connectivity index (χ1n) is 5.59. The summed E-state index contributed by atoms with van der Waals surface area (Å²) < 4.78 is 73.9. The van der Waals surface area contributed by atoms with Crippen LogP contribution in [0.3, 0.4) is 0 Å². The van der Waals surface area contributed by atoms with Crippen molar-refractivity contribution in [2.45, 2.75) is 16.9 Å². The maximum absolute atomic E-state index is 13.1. The van der Waals surface area contributed by atoms with Gasteiger partial charge in [0.05, 0.1) is 5.69 Å².